The first-order valence-electron chi connectivity index (χ1n) is 6.72. The molecule has 0 aliphatic rings. The summed E-state index contributed by atoms with van der Waals surface area (Å²) < 4.78 is 5.09. The molecule has 21 heavy (non-hydrogen) atoms. The van der Waals surface area contributed by atoms with Crippen molar-refractivity contribution in [3.8, 4) is 5.75 Å². The van der Waals surface area contributed by atoms with Crippen molar-refractivity contribution in [3.05, 3.63) is 48.5 Å². The Bertz CT molecular complexity index is 611. The van der Waals surface area contributed by atoms with Gasteiger partial charge in [-0.3, -0.25) is 4.90 Å². The smallest absolute Gasteiger partial charge is 0.326 e. The Kier molecular flexibility index (Phi) is 4.66. The second kappa shape index (κ2) is 6.65. The third kappa shape index (κ3) is 3.66. The maximum absolute atomic E-state index is 12.4. The Morgan fingerprint density at radius 2 is 1.95 bits per heavy atom. The molecule has 0 aliphatic carbocycles. The normalized spacial score (nSPS) is 10.0. The van der Waals surface area contributed by atoms with Crippen molar-refractivity contribution < 1.29 is 9.53 Å². The summed E-state index contributed by atoms with van der Waals surface area (Å²) in [5, 5.41) is 2.85. The second-order valence-electron chi connectivity index (χ2n) is 4.50. The van der Waals surface area contributed by atoms with Crippen LogP contribution in [0.3, 0.4) is 0 Å². The van der Waals surface area contributed by atoms with Gasteiger partial charge in [-0.2, -0.15) is 0 Å². The minimum absolute atomic E-state index is 0.201. The van der Waals surface area contributed by atoms with Gasteiger partial charge < -0.3 is 15.8 Å². The van der Waals surface area contributed by atoms with Crippen LogP contribution in [0.1, 0.15) is 6.92 Å². The van der Waals surface area contributed by atoms with Crippen LogP contribution in [0.25, 0.3) is 0 Å². The Morgan fingerprint density at radius 1 is 1.24 bits per heavy atom. The average molecular weight is 285 g/mol. The number of anilines is 3. The number of hydrogen-bond donors (Lipinski definition) is 2. The molecule has 0 fully saturated rings. The number of nitrogens with one attached hydrogen (secondary N) is 1. The highest BCUT2D eigenvalue weighted by Gasteiger charge is 2.14. The molecule has 0 unspecified atom stereocenters. The number of hydrogen-bond acceptors (Lipinski definition) is 3. The first-order valence-corrected chi connectivity index (χ1v) is 6.72. The number of nitrogens with zero attached hydrogens (tertiary/aromatic N) is 1. The van der Waals surface area contributed by atoms with Crippen molar-refractivity contribution in [2.24, 2.45) is 0 Å². The third-order valence-corrected chi connectivity index (χ3v) is 3.08. The van der Waals surface area contributed by atoms with Crippen molar-refractivity contribution in [1.29, 1.82) is 0 Å². The molecule has 2 rings (SSSR count). The van der Waals surface area contributed by atoms with E-state index in [1.807, 2.05) is 19.1 Å². The summed E-state index contributed by atoms with van der Waals surface area (Å²) in [7, 11) is 1.60. The quantitative estimate of drug-likeness (QED) is 0.847. The van der Waals surface area contributed by atoms with Gasteiger partial charge in [-0.15, -0.1) is 0 Å². The van der Waals surface area contributed by atoms with Crippen LogP contribution in [0.4, 0.5) is 21.9 Å². The van der Waals surface area contributed by atoms with Crippen LogP contribution < -0.4 is 20.7 Å². The van der Waals surface area contributed by atoms with Gasteiger partial charge in [-0.1, -0.05) is 6.07 Å². The summed E-state index contributed by atoms with van der Waals surface area (Å²) >= 11 is 0. The molecule has 2 amide bonds. The van der Waals surface area contributed by atoms with Crippen LogP contribution in [0.15, 0.2) is 48.5 Å². The molecule has 2 aromatic rings. The van der Waals surface area contributed by atoms with Crippen molar-refractivity contribution in [3.63, 3.8) is 0 Å². The summed E-state index contributed by atoms with van der Waals surface area (Å²) in [5.74, 6) is 0.746. The van der Waals surface area contributed by atoms with E-state index in [2.05, 4.69) is 5.32 Å². The van der Waals surface area contributed by atoms with E-state index in [4.69, 9.17) is 10.5 Å². The fraction of sp³-hybridized carbons (Fsp3) is 0.188. The number of carbonyl (C=O) groups is 1. The van der Waals surface area contributed by atoms with E-state index in [0.29, 0.717) is 17.9 Å². The number of carbonyl (C=O) groups excluding carboxylic acids is 1. The van der Waals surface area contributed by atoms with Gasteiger partial charge in [-0.25, -0.2) is 4.79 Å². The number of urea groups is 1. The SMILES string of the molecule is CCN(C(=O)Nc1ccc(OC)cc1)c1cccc(N)c1. The lowest BCUT2D eigenvalue weighted by atomic mass is 10.2. The highest BCUT2D eigenvalue weighted by atomic mass is 16.5. The zero-order chi connectivity index (χ0) is 15.2. The number of rotatable bonds is 4. The Balaban J connectivity index is 2.12. The second-order valence-corrected chi connectivity index (χ2v) is 4.50. The largest absolute Gasteiger partial charge is 0.497 e. The molecular weight excluding hydrogens is 266 g/mol. The molecule has 0 atom stereocenters. The number of amides is 2. The van der Waals surface area contributed by atoms with E-state index in [0.717, 1.165) is 11.4 Å². The van der Waals surface area contributed by atoms with Crippen molar-refractivity contribution in [2.75, 3.05) is 29.6 Å². The fourth-order valence-corrected chi connectivity index (χ4v) is 2.00. The minimum atomic E-state index is -0.201. The highest BCUT2D eigenvalue weighted by molar-refractivity contribution is 6.01. The maximum atomic E-state index is 12.4. The summed E-state index contributed by atoms with van der Waals surface area (Å²) in [4.78, 5) is 14.0. The van der Waals surface area contributed by atoms with Gasteiger partial charge in [0.15, 0.2) is 0 Å². The van der Waals surface area contributed by atoms with Crippen LogP contribution in [0.5, 0.6) is 5.75 Å². The van der Waals surface area contributed by atoms with E-state index >= 15 is 0 Å². The first-order chi connectivity index (χ1) is 10.1. The first kappa shape index (κ1) is 14.7. The zero-order valence-corrected chi connectivity index (χ0v) is 12.2. The van der Waals surface area contributed by atoms with E-state index in [-0.39, 0.29) is 6.03 Å². The summed E-state index contributed by atoms with van der Waals surface area (Å²) in [6, 6.07) is 14.2. The predicted molar refractivity (Wildman–Crippen MR) is 85.9 cm³/mol. The Labute approximate surface area is 124 Å². The molecule has 0 saturated carbocycles. The van der Waals surface area contributed by atoms with E-state index in [1.54, 1.807) is 48.4 Å². The van der Waals surface area contributed by atoms with Crippen LogP contribution >= 0.6 is 0 Å². The molecule has 0 bridgehead atoms. The Morgan fingerprint density at radius 3 is 2.52 bits per heavy atom. The van der Waals surface area contributed by atoms with Gasteiger partial charge in [-0.05, 0) is 49.4 Å². The van der Waals surface area contributed by atoms with Crippen molar-refractivity contribution in [1.82, 2.24) is 0 Å². The summed E-state index contributed by atoms with van der Waals surface area (Å²) in [6.45, 7) is 2.46. The van der Waals surface area contributed by atoms with Crippen molar-refractivity contribution >= 4 is 23.1 Å². The molecule has 0 saturated heterocycles. The molecule has 0 radical (unpaired) electrons. The highest BCUT2D eigenvalue weighted by Crippen LogP contribution is 2.20. The lowest BCUT2D eigenvalue weighted by Crippen LogP contribution is -2.34. The van der Waals surface area contributed by atoms with Crippen LogP contribution in [-0.2, 0) is 0 Å². The average Bonchev–Trinajstić information content (AvgIpc) is 2.49. The van der Waals surface area contributed by atoms with Gasteiger partial charge in [0.25, 0.3) is 0 Å². The summed E-state index contributed by atoms with van der Waals surface area (Å²) in [6.07, 6.45) is 0. The number of benzene rings is 2. The third-order valence-electron chi connectivity index (χ3n) is 3.08. The van der Waals surface area contributed by atoms with Crippen molar-refractivity contribution in [2.45, 2.75) is 6.92 Å². The fourth-order valence-electron chi connectivity index (χ4n) is 2.00. The van der Waals surface area contributed by atoms with E-state index in [9.17, 15) is 4.79 Å². The van der Waals surface area contributed by atoms with Gasteiger partial charge >= 0.3 is 6.03 Å². The van der Waals surface area contributed by atoms with E-state index < -0.39 is 0 Å². The monoisotopic (exact) mass is 285 g/mol. The standard InChI is InChI=1S/C16H19N3O2/c1-3-19(14-6-4-5-12(17)11-14)16(20)18-13-7-9-15(21-2)10-8-13/h4-11H,3,17H2,1-2H3,(H,18,20). The lowest BCUT2D eigenvalue weighted by Gasteiger charge is -2.22. The summed E-state index contributed by atoms with van der Waals surface area (Å²) in [5.41, 5.74) is 7.87. The zero-order valence-electron chi connectivity index (χ0n) is 12.2. The molecule has 5 heteroatoms. The van der Waals surface area contributed by atoms with Gasteiger partial charge in [0, 0.05) is 23.6 Å². The molecule has 110 valence electrons. The minimum Gasteiger partial charge on any atom is -0.497 e. The molecule has 0 aliphatic heterocycles. The Hall–Kier alpha value is -2.69. The predicted octanol–water partition coefficient (Wildman–Crippen LogP) is 3.34. The maximum Gasteiger partial charge on any atom is 0.326 e. The molecule has 0 aromatic heterocycles. The molecule has 5 nitrogen and oxygen atoms in total. The van der Waals surface area contributed by atoms with Gasteiger partial charge in [0.1, 0.15) is 5.75 Å². The van der Waals surface area contributed by atoms with Crippen LogP contribution in [-0.4, -0.2) is 19.7 Å². The molecule has 2 aromatic carbocycles. The number of nitrogens with two attached hydrogens (primary N) is 1. The van der Waals surface area contributed by atoms with Crippen LogP contribution in [0, 0.1) is 0 Å². The van der Waals surface area contributed by atoms with Gasteiger partial charge in [0.05, 0.1) is 7.11 Å². The number of ether oxygens (including phenoxy) is 1. The number of nitrogen functional groups attached to an aromatic ring is 1. The van der Waals surface area contributed by atoms with Crippen LogP contribution in [0.2, 0.25) is 0 Å². The van der Waals surface area contributed by atoms with Gasteiger partial charge in [0.2, 0.25) is 0 Å². The van der Waals surface area contributed by atoms with E-state index in [1.165, 1.54) is 0 Å². The topological polar surface area (TPSA) is 67.6 Å². The lowest BCUT2D eigenvalue weighted by molar-refractivity contribution is 0.257. The molecule has 0 spiro atoms. The number of methoxy groups -OCH3 is 1. The molecule has 0 heterocycles. The molecule has 3 N–H and O–H groups in total. The molecular formula is C16H19N3O2.